The van der Waals surface area contributed by atoms with Gasteiger partial charge in [0.15, 0.2) is 0 Å². The van der Waals surface area contributed by atoms with Crippen molar-refractivity contribution in [2.75, 3.05) is 0 Å². The largest absolute Gasteiger partial charge is 0.0654 e. The smallest absolute Gasteiger partial charge is 0.0213 e. The number of benzene rings is 1. The molecule has 1 rings (SSSR count). The molecule has 0 unspecified atom stereocenters. The summed E-state index contributed by atoms with van der Waals surface area (Å²) in [7, 11) is 0. The predicted molar refractivity (Wildman–Crippen MR) is 73.1 cm³/mol. The lowest BCUT2D eigenvalue weighted by molar-refractivity contribution is 0.754. The zero-order valence-electron chi connectivity index (χ0n) is 11.3. The molecule has 0 N–H and O–H groups in total. The summed E-state index contributed by atoms with van der Waals surface area (Å²) in [5, 5.41) is 0. The maximum Gasteiger partial charge on any atom is -0.0213 e. The van der Waals surface area contributed by atoms with E-state index in [2.05, 4.69) is 45.9 Å². The summed E-state index contributed by atoms with van der Waals surface area (Å²) in [4.78, 5) is 0. The van der Waals surface area contributed by atoms with Crippen LogP contribution >= 0.6 is 0 Å². The second kappa shape index (κ2) is 6.73. The minimum atomic E-state index is 0.662. The molecule has 0 aliphatic heterocycles. The van der Waals surface area contributed by atoms with Crippen molar-refractivity contribution in [3.05, 3.63) is 34.9 Å². The Hall–Kier alpha value is -0.780. The van der Waals surface area contributed by atoms with Crippen molar-refractivity contribution in [1.29, 1.82) is 0 Å². The van der Waals surface area contributed by atoms with Gasteiger partial charge in [-0.3, -0.25) is 0 Å². The molecule has 0 aliphatic carbocycles. The van der Waals surface area contributed by atoms with Crippen molar-refractivity contribution < 1.29 is 0 Å². The number of rotatable bonds is 6. The highest BCUT2D eigenvalue weighted by molar-refractivity contribution is 5.38. The van der Waals surface area contributed by atoms with E-state index in [1.807, 2.05) is 0 Å². The first-order valence-corrected chi connectivity index (χ1v) is 6.81. The lowest BCUT2D eigenvalue weighted by Crippen LogP contribution is -2.02. The first-order chi connectivity index (χ1) is 7.70. The third kappa shape index (κ3) is 3.37. The molecule has 0 saturated heterocycles. The Balaban J connectivity index is 3.00. The monoisotopic (exact) mass is 218 g/mol. The Labute approximate surface area is 101 Å². The molecule has 1 aromatic rings. The molecule has 16 heavy (non-hydrogen) atoms. The van der Waals surface area contributed by atoms with Crippen LogP contribution in [0.4, 0.5) is 0 Å². The van der Waals surface area contributed by atoms with Gasteiger partial charge >= 0.3 is 0 Å². The standard InChI is InChI=1S/C16H26/c1-5-7-10-15-12-8-11-14(9-6-2)16(15)13(3)4/h8,11-13H,5-7,9-10H2,1-4H3. The molecule has 1 aromatic carbocycles. The molecular formula is C16H26. The maximum atomic E-state index is 2.32. The van der Waals surface area contributed by atoms with Crippen molar-refractivity contribution in [2.24, 2.45) is 0 Å². The number of unbranched alkanes of at least 4 members (excludes halogenated alkanes) is 1. The number of aryl methyl sites for hydroxylation is 2. The molecule has 0 nitrogen and oxygen atoms in total. The molecule has 0 heteroatoms. The van der Waals surface area contributed by atoms with Crippen LogP contribution in [0.2, 0.25) is 0 Å². The molecule has 90 valence electrons. The maximum absolute atomic E-state index is 2.32. The van der Waals surface area contributed by atoms with Crippen LogP contribution in [0.1, 0.15) is 69.6 Å². The average Bonchev–Trinajstić information content (AvgIpc) is 2.26. The van der Waals surface area contributed by atoms with Gasteiger partial charge in [-0.15, -0.1) is 0 Å². The van der Waals surface area contributed by atoms with E-state index in [1.54, 1.807) is 16.7 Å². The van der Waals surface area contributed by atoms with Crippen LogP contribution in [0.5, 0.6) is 0 Å². The molecule has 0 aliphatic rings. The SMILES string of the molecule is CCCCc1cccc(CCC)c1C(C)C. The predicted octanol–water partition coefficient (Wildman–Crippen LogP) is 5.11. The highest BCUT2D eigenvalue weighted by Crippen LogP contribution is 2.26. The molecule has 0 bridgehead atoms. The topological polar surface area (TPSA) is 0 Å². The van der Waals surface area contributed by atoms with Crippen molar-refractivity contribution >= 4 is 0 Å². The summed E-state index contributed by atoms with van der Waals surface area (Å²) in [6.07, 6.45) is 6.33. The van der Waals surface area contributed by atoms with Gasteiger partial charge in [0.2, 0.25) is 0 Å². The lowest BCUT2D eigenvalue weighted by atomic mass is 9.88. The molecule has 0 aromatic heterocycles. The molecule has 0 radical (unpaired) electrons. The summed E-state index contributed by atoms with van der Waals surface area (Å²) in [5.74, 6) is 0.662. The first kappa shape index (κ1) is 13.3. The van der Waals surface area contributed by atoms with Gasteiger partial charge in [-0.1, -0.05) is 58.7 Å². The van der Waals surface area contributed by atoms with E-state index in [1.165, 1.54) is 32.1 Å². The van der Waals surface area contributed by atoms with Crippen LogP contribution in [0.25, 0.3) is 0 Å². The Morgan fingerprint density at radius 1 is 0.938 bits per heavy atom. The molecule has 0 heterocycles. The number of hydrogen-bond donors (Lipinski definition) is 0. The van der Waals surface area contributed by atoms with Crippen molar-refractivity contribution in [3.63, 3.8) is 0 Å². The fourth-order valence-corrected chi connectivity index (χ4v) is 2.48. The van der Waals surface area contributed by atoms with Gasteiger partial charge in [-0.05, 0) is 41.9 Å². The summed E-state index contributed by atoms with van der Waals surface area (Å²) in [6, 6.07) is 6.88. The molecule has 0 saturated carbocycles. The minimum absolute atomic E-state index is 0.662. The summed E-state index contributed by atoms with van der Waals surface area (Å²) in [5.41, 5.74) is 4.78. The fraction of sp³-hybridized carbons (Fsp3) is 0.625. The minimum Gasteiger partial charge on any atom is -0.0654 e. The molecule has 0 amide bonds. The summed E-state index contributed by atoms with van der Waals surface area (Å²) >= 11 is 0. The Morgan fingerprint density at radius 2 is 1.56 bits per heavy atom. The van der Waals surface area contributed by atoms with Crippen LogP contribution in [0.3, 0.4) is 0 Å². The van der Waals surface area contributed by atoms with Crippen LogP contribution in [0, 0.1) is 0 Å². The molecule has 0 atom stereocenters. The third-order valence-electron chi connectivity index (χ3n) is 3.18. The molecule has 0 spiro atoms. The van der Waals surface area contributed by atoms with Gasteiger partial charge < -0.3 is 0 Å². The second-order valence-electron chi connectivity index (χ2n) is 5.00. The van der Waals surface area contributed by atoms with Crippen LogP contribution in [-0.4, -0.2) is 0 Å². The molecular weight excluding hydrogens is 192 g/mol. The van der Waals surface area contributed by atoms with E-state index in [0.717, 1.165) is 0 Å². The van der Waals surface area contributed by atoms with Gasteiger partial charge in [0.25, 0.3) is 0 Å². The highest BCUT2D eigenvalue weighted by Gasteiger charge is 2.10. The fourth-order valence-electron chi connectivity index (χ4n) is 2.48. The first-order valence-electron chi connectivity index (χ1n) is 6.81. The van der Waals surface area contributed by atoms with Crippen LogP contribution < -0.4 is 0 Å². The van der Waals surface area contributed by atoms with Crippen molar-refractivity contribution in [1.82, 2.24) is 0 Å². The quantitative estimate of drug-likeness (QED) is 0.622. The Bertz CT molecular complexity index is 310. The third-order valence-corrected chi connectivity index (χ3v) is 3.18. The Morgan fingerprint density at radius 3 is 2.06 bits per heavy atom. The van der Waals surface area contributed by atoms with E-state index < -0.39 is 0 Å². The van der Waals surface area contributed by atoms with Gasteiger partial charge in [0, 0.05) is 0 Å². The van der Waals surface area contributed by atoms with Gasteiger partial charge in [0.1, 0.15) is 0 Å². The van der Waals surface area contributed by atoms with Crippen molar-refractivity contribution in [2.45, 2.75) is 65.7 Å². The number of hydrogen-bond acceptors (Lipinski definition) is 0. The van der Waals surface area contributed by atoms with E-state index in [4.69, 9.17) is 0 Å². The molecule has 0 fully saturated rings. The van der Waals surface area contributed by atoms with Crippen molar-refractivity contribution in [3.8, 4) is 0 Å². The highest BCUT2D eigenvalue weighted by atomic mass is 14.2. The summed E-state index contributed by atoms with van der Waals surface area (Å²) < 4.78 is 0. The zero-order valence-corrected chi connectivity index (χ0v) is 11.3. The van der Waals surface area contributed by atoms with E-state index in [-0.39, 0.29) is 0 Å². The zero-order chi connectivity index (χ0) is 12.0. The van der Waals surface area contributed by atoms with Gasteiger partial charge in [-0.25, -0.2) is 0 Å². The van der Waals surface area contributed by atoms with Gasteiger partial charge in [-0.2, -0.15) is 0 Å². The summed E-state index contributed by atoms with van der Waals surface area (Å²) in [6.45, 7) is 9.18. The second-order valence-corrected chi connectivity index (χ2v) is 5.00. The van der Waals surface area contributed by atoms with E-state index in [9.17, 15) is 0 Å². The lowest BCUT2D eigenvalue weighted by Gasteiger charge is -2.17. The van der Waals surface area contributed by atoms with Gasteiger partial charge in [0.05, 0.1) is 0 Å². The van der Waals surface area contributed by atoms with E-state index in [0.29, 0.717) is 5.92 Å². The van der Waals surface area contributed by atoms with Crippen LogP contribution in [0.15, 0.2) is 18.2 Å². The average molecular weight is 218 g/mol. The van der Waals surface area contributed by atoms with Crippen LogP contribution in [-0.2, 0) is 12.8 Å². The Kier molecular flexibility index (Phi) is 5.59. The van der Waals surface area contributed by atoms with E-state index >= 15 is 0 Å². The normalized spacial score (nSPS) is 11.1.